The summed E-state index contributed by atoms with van der Waals surface area (Å²) < 4.78 is 12.0. The molecular weight excluding hydrogens is 390 g/mol. The first kappa shape index (κ1) is 19.9. The Labute approximate surface area is 172 Å². The van der Waals surface area contributed by atoms with Gasteiger partial charge in [-0.15, -0.1) is 5.06 Å². The zero-order valence-corrected chi connectivity index (χ0v) is 17.5. The number of hydrogen-bond acceptors (Lipinski definition) is 8. The highest BCUT2D eigenvalue weighted by Gasteiger charge is 2.28. The van der Waals surface area contributed by atoms with Gasteiger partial charge in [0.2, 0.25) is 5.16 Å². The number of rotatable bonds is 4. The monoisotopic (exact) mass is 415 g/mol. The van der Waals surface area contributed by atoms with Crippen molar-refractivity contribution >= 4 is 22.6 Å². The minimum absolute atomic E-state index is 0.342. The van der Waals surface area contributed by atoms with Gasteiger partial charge in [-0.2, -0.15) is 0 Å². The molecule has 3 heterocycles. The number of carbonyl (C=O) groups excluding carboxylic acids is 1. The Morgan fingerprint density at radius 2 is 1.79 bits per heavy atom. The Balaban J connectivity index is 1.47. The van der Waals surface area contributed by atoms with Crippen molar-refractivity contribution in [2.45, 2.75) is 18.1 Å². The fourth-order valence-corrected chi connectivity index (χ4v) is 4.10. The number of aromatic nitrogens is 2. The summed E-state index contributed by atoms with van der Waals surface area (Å²) in [5.41, 5.74) is 2.65. The average molecular weight is 416 g/mol. The predicted octanol–water partition coefficient (Wildman–Crippen LogP) is 1.10. The van der Waals surface area contributed by atoms with Crippen LogP contribution in [0.15, 0.2) is 35.5 Å². The normalized spacial score (nSPS) is 18.9. The summed E-state index contributed by atoms with van der Waals surface area (Å²) in [7, 11) is 0.827. The van der Waals surface area contributed by atoms with Crippen molar-refractivity contribution in [3.05, 3.63) is 47.2 Å². The zero-order valence-electron chi connectivity index (χ0n) is 16.7. The van der Waals surface area contributed by atoms with Crippen molar-refractivity contribution in [2.75, 3.05) is 50.9 Å². The molecule has 9 heteroatoms. The number of likely N-dealkylation sites (N-methyl/N-ethyl adjacent to an activating group) is 1. The molecule has 0 aliphatic carbocycles. The second-order valence-electron chi connectivity index (χ2n) is 7.36. The van der Waals surface area contributed by atoms with Crippen molar-refractivity contribution < 1.29 is 13.8 Å². The Bertz CT molecular complexity index is 916. The molecule has 154 valence electrons. The van der Waals surface area contributed by atoms with Crippen LogP contribution in [0.25, 0.3) is 0 Å². The Hall–Kier alpha value is -2.36. The van der Waals surface area contributed by atoms with Crippen LogP contribution in [-0.2, 0) is 28.6 Å². The van der Waals surface area contributed by atoms with Crippen LogP contribution in [0.4, 0.5) is 5.82 Å². The molecule has 2 aliphatic rings. The van der Waals surface area contributed by atoms with Gasteiger partial charge in [0, 0.05) is 38.0 Å². The van der Waals surface area contributed by atoms with Crippen LogP contribution in [0.5, 0.6) is 0 Å². The first-order chi connectivity index (χ1) is 14.0. The number of hydroxylamine groups is 2. The van der Waals surface area contributed by atoms with Gasteiger partial charge < -0.3 is 14.6 Å². The minimum atomic E-state index is -1.24. The maximum atomic E-state index is 12.3. The second kappa shape index (κ2) is 8.56. The van der Waals surface area contributed by atoms with E-state index in [2.05, 4.69) is 26.8 Å². The molecule has 29 heavy (non-hydrogen) atoms. The average Bonchev–Trinajstić information content (AvgIpc) is 2.74. The highest BCUT2D eigenvalue weighted by molar-refractivity contribution is 7.84. The number of benzene rings is 1. The largest absolute Gasteiger partial charge is 0.364 e. The minimum Gasteiger partial charge on any atom is -0.364 e. The van der Waals surface area contributed by atoms with Gasteiger partial charge in [-0.1, -0.05) is 18.2 Å². The first-order valence-corrected chi connectivity index (χ1v) is 11.3. The zero-order chi connectivity index (χ0) is 20.4. The number of anilines is 1. The molecular formula is C20H25N5O3S. The molecule has 0 saturated carbocycles. The molecule has 0 spiro atoms. The standard InChI is InChI=1S/C20H25N5O3S/c1-23-9-8-16-17(14-23)21-20(29(2)27)22-18(16)24-10-12-25(13-11-24)28-19(26)15-6-4-3-5-7-15/h3-7H,8-14H2,1-2H3. The van der Waals surface area contributed by atoms with Gasteiger partial charge in [0.05, 0.1) is 35.1 Å². The molecule has 1 fully saturated rings. The maximum Gasteiger partial charge on any atom is 0.357 e. The lowest BCUT2D eigenvalue weighted by atomic mass is 10.1. The van der Waals surface area contributed by atoms with Crippen molar-refractivity contribution in [1.29, 1.82) is 0 Å². The third kappa shape index (κ3) is 4.47. The number of piperazine rings is 1. The SMILES string of the molecule is CN1CCc2c(nc(S(C)=O)nc2N2CCN(OC(=O)c3ccccc3)CC2)C1. The third-order valence-electron chi connectivity index (χ3n) is 5.23. The van der Waals surface area contributed by atoms with E-state index in [1.807, 2.05) is 18.2 Å². The molecule has 1 aromatic heterocycles. The van der Waals surface area contributed by atoms with E-state index in [1.54, 1.807) is 23.5 Å². The summed E-state index contributed by atoms with van der Waals surface area (Å²) in [5.74, 6) is 0.535. The van der Waals surface area contributed by atoms with Gasteiger partial charge in [-0.3, -0.25) is 4.21 Å². The molecule has 1 atom stereocenters. The van der Waals surface area contributed by atoms with E-state index in [0.717, 1.165) is 36.6 Å². The number of carbonyl (C=O) groups is 1. The maximum absolute atomic E-state index is 12.3. The third-order valence-corrected chi connectivity index (χ3v) is 5.93. The number of nitrogens with zero attached hydrogens (tertiary/aromatic N) is 5. The van der Waals surface area contributed by atoms with Crippen molar-refractivity contribution in [3.63, 3.8) is 0 Å². The Morgan fingerprint density at radius 3 is 2.48 bits per heavy atom. The van der Waals surface area contributed by atoms with Gasteiger partial charge >= 0.3 is 5.97 Å². The molecule has 0 N–H and O–H groups in total. The first-order valence-electron chi connectivity index (χ1n) is 9.70. The summed E-state index contributed by atoms with van der Waals surface area (Å²) in [6, 6.07) is 9.00. The molecule has 0 radical (unpaired) electrons. The van der Waals surface area contributed by atoms with Crippen molar-refractivity contribution in [1.82, 2.24) is 19.9 Å². The highest BCUT2D eigenvalue weighted by Crippen LogP contribution is 2.27. The number of fused-ring (bicyclic) bond motifs is 1. The fraction of sp³-hybridized carbons (Fsp3) is 0.450. The van der Waals surface area contributed by atoms with Gasteiger partial charge in [0.15, 0.2) is 0 Å². The second-order valence-corrected chi connectivity index (χ2v) is 8.63. The molecule has 0 bridgehead atoms. The van der Waals surface area contributed by atoms with Crippen molar-refractivity contribution in [3.8, 4) is 0 Å². The topological polar surface area (TPSA) is 78.9 Å². The quantitative estimate of drug-likeness (QED) is 0.687. The van der Waals surface area contributed by atoms with Gasteiger partial charge in [-0.25, -0.2) is 14.8 Å². The lowest BCUT2D eigenvalue weighted by molar-refractivity contribution is -0.112. The summed E-state index contributed by atoms with van der Waals surface area (Å²) in [6.07, 6.45) is 2.49. The summed E-state index contributed by atoms with van der Waals surface area (Å²) in [4.78, 5) is 31.4. The highest BCUT2D eigenvalue weighted by atomic mass is 32.2. The lowest BCUT2D eigenvalue weighted by Crippen LogP contribution is -2.48. The van der Waals surface area contributed by atoms with Crippen LogP contribution in [0.1, 0.15) is 21.6 Å². The molecule has 1 saturated heterocycles. The van der Waals surface area contributed by atoms with E-state index < -0.39 is 10.8 Å². The van der Waals surface area contributed by atoms with E-state index >= 15 is 0 Å². The van der Waals surface area contributed by atoms with E-state index in [1.165, 1.54) is 0 Å². The fourth-order valence-electron chi connectivity index (χ4n) is 3.64. The van der Waals surface area contributed by atoms with Crippen LogP contribution < -0.4 is 4.90 Å². The van der Waals surface area contributed by atoms with Gasteiger partial charge in [-0.05, 0) is 25.6 Å². The van der Waals surface area contributed by atoms with E-state index in [9.17, 15) is 9.00 Å². The molecule has 2 aliphatic heterocycles. The molecule has 0 amide bonds. The van der Waals surface area contributed by atoms with Crippen LogP contribution in [0.2, 0.25) is 0 Å². The summed E-state index contributed by atoms with van der Waals surface area (Å²) >= 11 is 0. The summed E-state index contributed by atoms with van der Waals surface area (Å²) in [5, 5.41) is 2.08. The predicted molar refractivity (Wildman–Crippen MR) is 110 cm³/mol. The van der Waals surface area contributed by atoms with E-state index in [0.29, 0.717) is 36.9 Å². The lowest BCUT2D eigenvalue weighted by Gasteiger charge is -2.36. The number of hydrogen-bond donors (Lipinski definition) is 0. The van der Waals surface area contributed by atoms with Crippen LogP contribution in [0.3, 0.4) is 0 Å². The van der Waals surface area contributed by atoms with Gasteiger partial charge in [0.25, 0.3) is 0 Å². The summed E-state index contributed by atoms with van der Waals surface area (Å²) in [6.45, 7) is 4.22. The van der Waals surface area contributed by atoms with Crippen LogP contribution >= 0.6 is 0 Å². The molecule has 1 unspecified atom stereocenters. The van der Waals surface area contributed by atoms with Crippen molar-refractivity contribution in [2.24, 2.45) is 0 Å². The van der Waals surface area contributed by atoms with E-state index in [-0.39, 0.29) is 5.97 Å². The van der Waals surface area contributed by atoms with E-state index in [4.69, 9.17) is 4.84 Å². The molecule has 8 nitrogen and oxygen atoms in total. The molecule has 1 aromatic carbocycles. The van der Waals surface area contributed by atoms with Crippen LogP contribution in [0, 0.1) is 0 Å². The van der Waals surface area contributed by atoms with Crippen LogP contribution in [-0.4, -0.2) is 76.1 Å². The Kier molecular flexibility index (Phi) is 5.89. The smallest absolute Gasteiger partial charge is 0.357 e. The van der Waals surface area contributed by atoms with Gasteiger partial charge in [0.1, 0.15) is 5.82 Å². The Morgan fingerprint density at radius 1 is 1.07 bits per heavy atom. The molecule has 4 rings (SSSR count). The molecule has 2 aromatic rings.